The number of benzene rings is 2. The number of rotatable bonds is 6. The fraction of sp³-hybridized carbons (Fsp3) is 0.188. The second-order valence-corrected chi connectivity index (χ2v) is 4.51. The Labute approximate surface area is 127 Å². The summed E-state index contributed by atoms with van der Waals surface area (Å²) in [5.74, 6) is 0.465. The fourth-order valence-electron chi connectivity index (χ4n) is 1.83. The Kier molecular flexibility index (Phi) is 5.19. The highest BCUT2D eigenvalue weighted by Gasteiger charge is 2.10. The van der Waals surface area contributed by atoms with Crippen LogP contribution in [0.3, 0.4) is 0 Å². The number of nitrogens with one attached hydrogen (secondary N) is 1. The van der Waals surface area contributed by atoms with E-state index in [2.05, 4.69) is 5.32 Å². The van der Waals surface area contributed by atoms with Crippen LogP contribution in [0.2, 0.25) is 0 Å². The van der Waals surface area contributed by atoms with E-state index < -0.39 is 11.7 Å². The number of anilines is 1. The number of amides is 1. The van der Waals surface area contributed by atoms with Crippen molar-refractivity contribution in [3.63, 3.8) is 0 Å². The van der Waals surface area contributed by atoms with E-state index in [1.54, 1.807) is 31.4 Å². The minimum atomic E-state index is -0.506. The third kappa shape index (κ3) is 4.12. The first-order chi connectivity index (χ1) is 10.6. The Morgan fingerprint density at radius 2 is 1.86 bits per heavy atom. The van der Waals surface area contributed by atoms with E-state index in [1.165, 1.54) is 12.1 Å². The third-order valence-electron chi connectivity index (χ3n) is 2.98. The number of methoxy groups -OCH3 is 1. The summed E-state index contributed by atoms with van der Waals surface area (Å²) < 4.78 is 23.6. The molecular weight excluding hydrogens is 287 g/mol. The molecule has 0 saturated carbocycles. The minimum Gasteiger partial charge on any atom is -0.497 e. The van der Waals surface area contributed by atoms with Gasteiger partial charge in [-0.2, -0.15) is 0 Å². The van der Waals surface area contributed by atoms with Crippen LogP contribution in [0.4, 0.5) is 10.1 Å². The summed E-state index contributed by atoms with van der Waals surface area (Å²) >= 11 is 0. The zero-order chi connectivity index (χ0) is 15.9. The number of hydrogen-bond acceptors (Lipinski definition) is 4. The standard InChI is InChI=1S/C16H17FN2O3/c1-21-12-3-5-13(6-4-12)22-9-8-19-16(20)14-10-11(17)2-7-15(14)18/h2-7,10H,8-9,18H2,1H3,(H,19,20). The molecule has 0 unspecified atom stereocenters. The molecule has 116 valence electrons. The Balaban J connectivity index is 1.80. The van der Waals surface area contributed by atoms with Gasteiger partial charge in [0, 0.05) is 5.69 Å². The molecule has 0 bridgehead atoms. The van der Waals surface area contributed by atoms with Gasteiger partial charge >= 0.3 is 0 Å². The van der Waals surface area contributed by atoms with Gasteiger partial charge in [-0.25, -0.2) is 4.39 Å². The van der Waals surface area contributed by atoms with Gasteiger partial charge in [-0.05, 0) is 42.5 Å². The van der Waals surface area contributed by atoms with E-state index in [9.17, 15) is 9.18 Å². The van der Waals surface area contributed by atoms with Crippen molar-refractivity contribution in [1.82, 2.24) is 5.32 Å². The molecule has 3 N–H and O–H groups in total. The molecule has 0 heterocycles. The maximum absolute atomic E-state index is 13.1. The Morgan fingerprint density at radius 3 is 2.55 bits per heavy atom. The number of carbonyl (C=O) groups is 1. The predicted octanol–water partition coefficient (Wildman–Crippen LogP) is 2.23. The van der Waals surface area contributed by atoms with Crippen molar-refractivity contribution in [3.05, 3.63) is 53.8 Å². The van der Waals surface area contributed by atoms with Gasteiger partial charge in [0.2, 0.25) is 0 Å². The van der Waals surface area contributed by atoms with Crippen molar-refractivity contribution >= 4 is 11.6 Å². The molecule has 2 aromatic rings. The van der Waals surface area contributed by atoms with E-state index >= 15 is 0 Å². The highest BCUT2D eigenvalue weighted by atomic mass is 19.1. The molecule has 1 amide bonds. The van der Waals surface area contributed by atoms with Gasteiger partial charge in [0.25, 0.3) is 5.91 Å². The zero-order valence-corrected chi connectivity index (χ0v) is 12.1. The first kappa shape index (κ1) is 15.6. The molecule has 0 aromatic heterocycles. The number of hydrogen-bond donors (Lipinski definition) is 2. The van der Waals surface area contributed by atoms with E-state index in [1.807, 2.05) is 0 Å². The normalized spacial score (nSPS) is 10.1. The van der Waals surface area contributed by atoms with Crippen molar-refractivity contribution in [3.8, 4) is 11.5 Å². The maximum atomic E-state index is 13.1. The molecule has 5 nitrogen and oxygen atoms in total. The van der Waals surface area contributed by atoms with Crippen LogP contribution in [0.25, 0.3) is 0 Å². The monoisotopic (exact) mass is 304 g/mol. The summed E-state index contributed by atoms with van der Waals surface area (Å²) in [6.07, 6.45) is 0. The van der Waals surface area contributed by atoms with Gasteiger partial charge in [-0.15, -0.1) is 0 Å². The minimum absolute atomic E-state index is 0.115. The largest absolute Gasteiger partial charge is 0.497 e. The smallest absolute Gasteiger partial charge is 0.253 e. The van der Waals surface area contributed by atoms with E-state index in [0.29, 0.717) is 5.75 Å². The Morgan fingerprint density at radius 1 is 1.18 bits per heavy atom. The summed E-state index contributed by atoms with van der Waals surface area (Å²) in [5.41, 5.74) is 5.99. The van der Waals surface area contributed by atoms with E-state index in [4.69, 9.17) is 15.2 Å². The Hall–Kier alpha value is -2.76. The molecule has 0 saturated heterocycles. The summed E-state index contributed by atoms with van der Waals surface area (Å²) in [4.78, 5) is 11.9. The van der Waals surface area contributed by atoms with Gasteiger partial charge in [0.15, 0.2) is 0 Å². The molecule has 2 rings (SSSR count). The van der Waals surface area contributed by atoms with Gasteiger partial charge in [-0.3, -0.25) is 4.79 Å². The summed E-state index contributed by atoms with van der Waals surface area (Å²) in [5, 5.41) is 2.62. The van der Waals surface area contributed by atoms with Crippen molar-refractivity contribution in [2.45, 2.75) is 0 Å². The molecule has 2 aromatic carbocycles. The second kappa shape index (κ2) is 7.31. The molecule has 6 heteroatoms. The van der Waals surface area contributed by atoms with E-state index in [0.717, 1.165) is 11.8 Å². The third-order valence-corrected chi connectivity index (χ3v) is 2.98. The number of carbonyl (C=O) groups excluding carboxylic acids is 1. The predicted molar refractivity (Wildman–Crippen MR) is 81.6 cm³/mol. The van der Waals surface area contributed by atoms with Crippen LogP contribution in [-0.4, -0.2) is 26.2 Å². The summed E-state index contributed by atoms with van der Waals surface area (Å²) in [7, 11) is 1.59. The van der Waals surface area contributed by atoms with Crippen LogP contribution in [0.15, 0.2) is 42.5 Å². The lowest BCUT2D eigenvalue weighted by atomic mass is 10.1. The van der Waals surface area contributed by atoms with Crippen LogP contribution in [0.5, 0.6) is 11.5 Å². The maximum Gasteiger partial charge on any atom is 0.253 e. The van der Waals surface area contributed by atoms with Crippen molar-refractivity contribution in [2.24, 2.45) is 0 Å². The quantitative estimate of drug-likeness (QED) is 0.634. The van der Waals surface area contributed by atoms with Crippen molar-refractivity contribution in [2.75, 3.05) is 26.0 Å². The highest BCUT2D eigenvalue weighted by Crippen LogP contribution is 2.17. The summed E-state index contributed by atoms with van der Waals surface area (Å²) in [6.45, 7) is 0.564. The topological polar surface area (TPSA) is 73.6 Å². The molecule has 0 aliphatic rings. The van der Waals surface area contributed by atoms with Crippen LogP contribution >= 0.6 is 0 Å². The van der Waals surface area contributed by atoms with Crippen molar-refractivity contribution < 1.29 is 18.7 Å². The van der Waals surface area contributed by atoms with Gasteiger partial charge < -0.3 is 20.5 Å². The van der Waals surface area contributed by atoms with Gasteiger partial charge in [0.1, 0.15) is 23.9 Å². The molecule has 22 heavy (non-hydrogen) atoms. The molecule has 0 atom stereocenters. The van der Waals surface area contributed by atoms with E-state index in [-0.39, 0.29) is 24.4 Å². The molecule has 0 radical (unpaired) electrons. The van der Waals surface area contributed by atoms with Crippen LogP contribution in [0.1, 0.15) is 10.4 Å². The lowest BCUT2D eigenvalue weighted by Crippen LogP contribution is -2.28. The number of halogens is 1. The summed E-state index contributed by atoms with van der Waals surface area (Å²) in [6, 6.07) is 10.8. The van der Waals surface area contributed by atoms with Crippen LogP contribution in [0, 0.1) is 5.82 Å². The average Bonchev–Trinajstić information content (AvgIpc) is 2.54. The lowest BCUT2D eigenvalue weighted by Gasteiger charge is -2.09. The second-order valence-electron chi connectivity index (χ2n) is 4.51. The number of ether oxygens (including phenoxy) is 2. The SMILES string of the molecule is COc1ccc(OCCNC(=O)c2cc(F)ccc2N)cc1. The molecule has 0 aliphatic heterocycles. The first-order valence-electron chi connectivity index (χ1n) is 6.70. The highest BCUT2D eigenvalue weighted by molar-refractivity contribution is 5.99. The number of nitrogens with two attached hydrogens (primary N) is 1. The average molecular weight is 304 g/mol. The van der Waals surface area contributed by atoms with Gasteiger partial charge in [-0.1, -0.05) is 0 Å². The molecule has 0 spiro atoms. The fourth-order valence-corrected chi connectivity index (χ4v) is 1.83. The lowest BCUT2D eigenvalue weighted by molar-refractivity contribution is 0.0947. The number of nitrogen functional groups attached to an aromatic ring is 1. The van der Waals surface area contributed by atoms with Crippen LogP contribution < -0.4 is 20.5 Å². The van der Waals surface area contributed by atoms with Crippen LogP contribution in [-0.2, 0) is 0 Å². The van der Waals surface area contributed by atoms with Crippen molar-refractivity contribution in [1.29, 1.82) is 0 Å². The molecular formula is C16H17FN2O3. The molecule has 0 aliphatic carbocycles. The first-order valence-corrected chi connectivity index (χ1v) is 6.70. The zero-order valence-electron chi connectivity index (χ0n) is 12.1. The van der Waals surface area contributed by atoms with Gasteiger partial charge in [0.05, 0.1) is 19.2 Å². The Bertz CT molecular complexity index is 644. The molecule has 0 fully saturated rings.